The lowest BCUT2D eigenvalue weighted by molar-refractivity contribution is -0.120. The molecule has 0 aliphatic carbocycles. The Morgan fingerprint density at radius 1 is 1.06 bits per heavy atom. The maximum atomic E-state index is 12.3. The third-order valence-electron chi connectivity index (χ3n) is 3.41. The van der Waals surface area contributed by atoms with Crippen LogP contribution in [0.2, 0.25) is 0 Å². The fourth-order valence-corrected chi connectivity index (χ4v) is 2.49. The van der Waals surface area contributed by atoms with Crippen molar-refractivity contribution >= 4 is 5.78 Å². The number of fused-ring (bicyclic) bond motifs is 1. The summed E-state index contributed by atoms with van der Waals surface area (Å²) < 4.78 is 0. The molecule has 90 valence electrons. The first kappa shape index (κ1) is 11.2. The molecule has 2 nitrogen and oxygen atoms in total. The Bertz CT molecular complexity index is 562. The van der Waals surface area contributed by atoms with Gasteiger partial charge in [0, 0.05) is 13.0 Å². The highest BCUT2D eigenvalue weighted by Gasteiger charge is 2.27. The Kier molecular flexibility index (Phi) is 2.95. The summed E-state index contributed by atoms with van der Waals surface area (Å²) in [5.41, 5.74) is 3.45. The molecule has 0 radical (unpaired) electrons. The largest absolute Gasteiger partial charge is 0.300 e. The highest BCUT2D eigenvalue weighted by Crippen LogP contribution is 2.26. The maximum Gasteiger partial charge on any atom is 0.158 e. The van der Waals surface area contributed by atoms with Crippen LogP contribution in [0.4, 0.5) is 0 Å². The zero-order valence-corrected chi connectivity index (χ0v) is 10.1. The molecule has 1 atom stereocenters. The van der Waals surface area contributed by atoms with Crippen LogP contribution in [0, 0.1) is 0 Å². The van der Waals surface area contributed by atoms with Crippen molar-refractivity contribution in [1.29, 1.82) is 0 Å². The first-order chi connectivity index (χ1) is 8.84. The Morgan fingerprint density at radius 3 is 2.61 bits per heavy atom. The van der Waals surface area contributed by atoms with Crippen molar-refractivity contribution < 1.29 is 4.79 Å². The number of carbonyl (C=O) groups is 1. The Balaban J connectivity index is 1.79. The number of nitrogens with one attached hydrogen (secondary N) is 1. The van der Waals surface area contributed by atoms with Crippen LogP contribution in [0.3, 0.4) is 0 Å². The Hall–Kier alpha value is -1.93. The summed E-state index contributed by atoms with van der Waals surface area (Å²) in [5, 5.41) is 3.29. The monoisotopic (exact) mass is 237 g/mol. The van der Waals surface area contributed by atoms with E-state index in [2.05, 4.69) is 11.4 Å². The van der Waals surface area contributed by atoms with Crippen LogP contribution < -0.4 is 5.32 Å². The second-order valence-electron chi connectivity index (χ2n) is 4.64. The Morgan fingerprint density at radius 2 is 1.78 bits per heavy atom. The van der Waals surface area contributed by atoms with Gasteiger partial charge in [-0.1, -0.05) is 54.6 Å². The molecular formula is C16H15NO. The smallest absolute Gasteiger partial charge is 0.158 e. The molecule has 0 amide bonds. The number of ketones is 1. The molecule has 0 saturated heterocycles. The Labute approximate surface area is 107 Å². The third kappa shape index (κ3) is 2.07. The average molecular weight is 237 g/mol. The molecule has 0 saturated carbocycles. The van der Waals surface area contributed by atoms with Gasteiger partial charge in [-0.15, -0.1) is 0 Å². The van der Waals surface area contributed by atoms with Crippen LogP contribution >= 0.6 is 0 Å². The normalized spacial score (nSPS) is 17.4. The van der Waals surface area contributed by atoms with Gasteiger partial charge in [-0.05, 0) is 16.7 Å². The zero-order valence-electron chi connectivity index (χ0n) is 10.1. The molecule has 2 aromatic rings. The first-order valence-electron chi connectivity index (χ1n) is 6.22. The fourth-order valence-electron chi connectivity index (χ4n) is 2.49. The van der Waals surface area contributed by atoms with Crippen molar-refractivity contribution in [2.24, 2.45) is 0 Å². The highest BCUT2D eigenvalue weighted by molar-refractivity contribution is 5.88. The van der Waals surface area contributed by atoms with E-state index in [1.807, 2.05) is 48.5 Å². The highest BCUT2D eigenvalue weighted by atomic mass is 16.1. The van der Waals surface area contributed by atoms with Gasteiger partial charge in [0.15, 0.2) is 5.78 Å². The minimum Gasteiger partial charge on any atom is -0.300 e. The number of carbonyl (C=O) groups excluding carboxylic acids is 1. The van der Waals surface area contributed by atoms with E-state index in [1.165, 1.54) is 5.56 Å². The van der Waals surface area contributed by atoms with Gasteiger partial charge in [0.2, 0.25) is 0 Å². The molecule has 0 aromatic heterocycles. The molecular weight excluding hydrogens is 222 g/mol. The van der Waals surface area contributed by atoms with E-state index in [0.29, 0.717) is 6.42 Å². The van der Waals surface area contributed by atoms with Crippen molar-refractivity contribution in [2.75, 3.05) is 0 Å². The quantitative estimate of drug-likeness (QED) is 0.889. The van der Waals surface area contributed by atoms with Crippen molar-refractivity contribution in [3.05, 3.63) is 71.3 Å². The lowest BCUT2D eigenvalue weighted by Crippen LogP contribution is -2.23. The van der Waals surface area contributed by atoms with Gasteiger partial charge in [-0.3, -0.25) is 10.1 Å². The zero-order chi connectivity index (χ0) is 12.4. The molecule has 1 aliphatic rings. The summed E-state index contributed by atoms with van der Waals surface area (Å²) in [6.07, 6.45) is 0.493. The lowest BCUT2D eigenvalue weighted by Gasteiger charge is -2.10. The first-order valence-corrected chi connectivity index (χ1v) is 6.22. The summed E-state index contributed by atoms with van der Waals surface area (Å²) in [7, 11) is 0. The molecule has 2 aromatic carbocycles. The topological polar surface area (TPSA) is 29.1 Å². The molecule has 18 heavy (non-hydrogen) atoms. The van der Waals surface area contributed by atoms with Gasteiger partial charge < -0.3 is 0 Å². The molecule has 1 heterocycles. The van der Waals surface area contributed by atoms with Crippen molar-refractivity contribution in [3.8, 4) is 0 Å². The summed E-state index contributed by atoms with van der Waals surface area (Å²) in [4.78, 5) is 12.3. The standard InChI is InChI=1S/C16H15NO/c18-15(10-12-6-2-1-3-7-12)16-14-9-5-4-8-13(14)11-17-16/h1-9,16-17H,10-11H2. The van der Waals surface area contributed by atoms with Gasteiger partial charge >= 0.3 is 0 Å². The van der Waals surface area contributed by atoms with Crippen LogP contribution in [0.25, 0.3) is 0 Å². The lowest BCUT2D eigenvalue weighted by atomic mass is 9.98. The van der Waals surface area contributed by atoms with E-state index >= 15 is 0 Å². The molecule has 3 rings (SSSR count). The summed E-state index contributed by atoms with van der Waals surface area (Å²) in [6.45, 7) is 0.793. The van der Waals surface area contributed by atoms with Crippen molar-refractivity contribution in [1.82, 2.24) is 5.32 Å². The number of hydrogen-bond acceptors (Lipinski definition) is 2. The van der Waals surface area contributed by atoms with Gasteiger partial charge in [0.05, 0.1) is 6.04 Å². The second kappa shape index (κ2) is 4.75. The van der Waals surface area contributed by atoms with Crippen LogP contribution in [-0.4, -0.2) is 5.78 Å². The molecule has 1 unspecified atom stereocenters. The number of hydrogen-bond donors (Lipinski definition) is 1. The van der Waals surface area contributed by atoms with Crippen molar-refractivity contribution in [2.45, 2.75) is 19.0 Å². The van der Waals surface area contributed by atoms with Crippen LogP contribution in [-0.2, 0) is 17.8 Å². The molecule has 1 aliphatic heterocycles. The third-order valence-corrected chi connectivity index (χ3v) is 3.41. The van der Waals surface area contributed by atoms with Crippen LogP contribution in [0.1, 0.15) is 22.7 Å². The molecule has 2 heteroatoms. The van der Waals surface area contributed by atoms with E-state index in [9.17, 15) is 4.79 Å². The number of benzene rings is 2. The molecule has 0 fully saturated rings. The van der Waals surface area contributed by atoms with Crippen LogP contribution in [0.15, 0.2) is 54.6 Å². The number of Topliss-reactive ketones (excluding diaryl/α,β-unsaturated/α-hetero) is 1. The molecule has 0 spiro atoms. The SMILES string of the molecule is O=C(Cc1ccccc1)C1NCc2ccccc21. The van der Waals surface area contributed by atoms with E-state index in [1.54, 1.807) is 0 Å². The summed E-state index contributed by atoms with van der Waals surface area (Å²) in [6, 6.07) is 17.9. The van der Waals surface area contributed by atoms with Crippen molar-refractivity contribution in [3.63, 3.8) is 0 Å². The van der Waals surface area contributed by atoms with Gasteiger partial charge in [-0.2, -0.15) is 0 Å². The fraction of sp³-hybridized carbons (Fsp3) is 0.188. The van der Waals surface area contributed by atoms with Crippen LogP contribution in [0.5, 0.6) is 0 Å². The predicted octanol–water partition coefficient (Wildman–Crippen LogP) is 2.64. The molecule has 1 N–H and O–H groups in total. The number of rotatable bonds is 3. The van der Waals surface area contributed by atoms with E-state index < -0.39 is 0 Å². The minimum atomic E-state index is -0.138. The van der Waals surface area contributed by atoms with Gasteiger partial charge in [-0.25, -0.2) is 0 Å². The van der Waals surface area contributed by atoms with E-state index in [4.69, 9.17) is 0 Å². The van der Waals surface area contributed by atoms with E-state index in [-0.39, 0.29) is 11.8 Å². The van der Waals surface area contributed by atoms with Gasteiger partial charge in [0.1, 0.15) is 0 Å². The second-order valence-corrected chi connectivity index (χ2v) is 4.64. The van der Waals surface area contributed by atoms with E-state index in [0.717, 1.165) is 17.7 Å². The molecule has 0 bridgehead atoms. The maximum absolute atomic E-state index is 12.3. The predicted molar refractivity (Wildman–Crippen MR) is 71.2 cm³/mol. The summed E-state index contributed by atoms with van der Waals surface area (Å²) >= 11 is 0. The minimum absolute atomic E-state index is 0.138. The summed E-state index contributed by atoms with van der Waals surface area (Å²) in [5.74, 6) is 0.242. The van der Waals surface area contributed by atoms with Gasteiger partial charge in [0.25, 0.3) is 0 Å². The average Bonchev–Trinajstić information content (AvgIpc) is 2.84.